The number of likely N-dealkylation sites (tertiary alicyclic amines) is 2. The van der Waals surface area contributed by atoms with Crippen molar-refractivity contribution in [3.05, 3.63) is 35.4 Å². The number of halogens is 1. The van der Waals surface area contributed by atoms with Crippen LogP contribution in [0, 0.1) is 12.8 Å². The summed E-state index contributed by atoms with van der Waals surface area (Å²) < 4.78 is 0. The van der Waals surface area contributed by atoms with E-state index in [1.54, 1.807) is 0 Å². The molecule has 8 heteroatoms. The topological polar surface area (TPSA) is 86.0 Å². The number of piperidine rings is 2. The van der Waals surface area contributed by atoms with Crippen LogP contribution in [0.15, 0.2) is 29.3 Å². The highest BCUT2D eigenvalue weighted by molar-refractivity contribution is 14.0. The van der Waals surface area contributed by atoms with E-state index in [2.05, 4.69) is 56.6 Å². The van der Waals surface area contributed by atoms with Gasteiger partial charge in [0.2, 0.25) is 5.91 Å². The van der Waals surface area contributed by atoms with Gasteiger partial charge in [-0.2, -0.15) is 0 Å². The van der Waals surface area contributed by atoms with E-state index in [1.807, 2.05) is 7.05 Å². The zero-order valence-electron chi connectivity index (χ0n) is 19.0. The van der Waals surface area contributed by atoms with E-state index in [-0.39, 0.29) is 29.9 Å². The van der Waals surface area contributed by atoms with Crippen LogP contribution in [-0.2, 0) is 11.3 Å². The van der Waals surface area contributed by atoms with Crippen LogP contribution in [0.2, 0.25) is 0 Å². The first kappa shape index (κ1) is 25.9. The number of aliphatic imine (C=N–C) groups is 1. The predicted octanol–water partition coefficient (Wildman–Crippen LogP) is 1.94. The van der Waals surface area contributed by atoms with Crippen molar-refractivity contribution in [2.45, 2.75) is 45.2 Å². The summed E-state index contributed by atoms with van der Waals surface area (Å²) in [6, 6.07) is 9.29. The number of guanidine groups is 1. The molecule has 0 atom stereocenters. The van der Waals surface area contributed by atoms with Gasteiger partial charge in [0.15, 0.2) is 5.96 Å². The summed E-state index contributed by atoms with van der Waals surface area (Å²) in [6.07, 6.45) is 4.46. The molecular weight excluding hydrogens is 503 g/mol. The number of rotatable bonds is 7. The second-order valence-corrected chi connectivity index (χ2v) is 8.82. The molecule has 0 aliphatic carbocycles. The molecule has 0 radical (unpaired) electrons. The van der Waals surface area contributed by atoms with E-state index < -0.39 is 0 Å². The van der Waals surface area contributed by atoms with Crippen molar-refractivity contribution in [1.29, 1.82) is 0 Å². The van der Waals surface area contributed by atoms with Crippen LogP contribution in [0.3, 0.4) is 0 Å². The fourth-order valence-electron chi connectivity index (χ4n) is 4.39. The van der Waals surface area contributed by atoms with Crippen LogP contribution < -0.4 is 16.4 Å². The van der Waals surface area contributed by atoms with E-state index in [4.69, 9.17) is 5.73 Å². The van der Waals surface area contributed by atoms with Gasteiger partial charge in [0.05, 0.1) is 6.54 Å². The minimum atomic E-state index is -0.246. The fourth-order valence-corrected chi connectivity index (χ4v) is 4.39. The molecule has 31 heavy (non-hydrogen) atoms. The van der Waals surface area contributed by atoms with E-state index in [1.165, 1.54) is 24.0 Å². The molecule has 2 aliphatic heterocycles. The summed E-state index contributed by atoms with van der Waals surface area (Å²) in [6.45, 7) is 8.64. The lowest BCUT2D eigenvalue weighted by Gasteiger charge is -2.34. The maximum atomic E-state index is 11.1. The smallest absolute Gasteiger partial charge is 0.231 e. The van der Waals surface area contributed by atoms with Crippen LogP contribution in [0.1, 0.15) is 36.8 Å². The molecule has 0 spiro atoms. The molecule has 0 unspecified atom stereocenters. The Labute approximate surface area is 204 Å². The monoisotopic (exact) mass is 542 g/mol. The minimum Gasteiger partial charge on any atom is -0.369 e. The second-order valence-electron chi connectivity index (χ2n) is 8.82. The largest absolute Gasteiger partial charge is 0.369 e. The van der Waals surface area contributed by atoms with Gasteiger partial charge in [-0.3, -0.25) is 19.6 Å². The van der Waals surface area contributed by atoms with Gasteiger partial charge in [0.25, 0.3) is 0 Å². The lowest BCUT2D eigenvalue weighted by atomic mass is 9.96. The first-order valence-corrected chi connectivity index (χ1v) is 11.3. The molecule has 7 nitrogen and oxygen atoms in total. The maximum Gasteiger partial charge on any atom is 0.231 e. The SMILES string of the molecule is CN=C(NCC1CCN(Cc2ccc(C)cc2)CC1)NC1CCN(CC(N)=O)CC1.I. The number of benzene rings is 1. The lowest BCUT2D eigenvalue weighted by molar-refractivity contribution is -0.119. The first-order chi connectivity index (χ1) is 14.5. The summed E-state index contributed by atoms with van der Waals surface area (Å²) in [7, 11) is 1.84. The zero-order valence-corrected chi connectivity index (χ0v) is 21.3. The van der Waals surface area contributed by atoms with E-state index >= 15 is 0 Å². The van der Waals surface area contributed by atoms with Crippen LogP contribution in [-0.4, -0.2) is 74.0 Å². The highest BCUT2D eigenvalue weighted by Gasteiger charge is 2.22. The number of nitrogens with zero attached hydrogens (tertiary/aromatic N) is 3. The molecule has 3 rings (SSSR count). The van der Waals surface area contributed by atoms with Crippen LogP contribution in [0.25, 0.3) is 0 Å². The highest BCUT2D eigenvalue weighted by atomic mass is 127. The molecule has 2 saturated heterocycles. The Kier molecular flexibility index (Phi) is 11.0. The average molecular weight is 543 g/mol. The number of nitrogens with one attached hydrogen (secondary N) is 2. The summed E-state index contributed by atoms with van der Waals surface area (Å²) in [4.78, 5) is 20.2. The number of primary amides is 1. The number of carbonyl (C=O) groups excluding carboxylic acids is 1. The Morgan fingerprint density at radius 3 is 2.26 bits per heavy atom. The predicted molar refractivity (Wildman–Crippen MR) is 138 cm³/mol. The molecular formula is C23H39IN6O. The van der Waals surface area contributed by atoms with Gasteiger partial charge in [-0.05, 0) is 57.2 Å². The van der Waals surface area contributed by atoms with Crippen molar-refractivity contribution < 1.29 is 4.79 Å². The standard InChI is InChI=1S/C23H38N6O.HI/c1-18-3-5-20(6-4-18)16-28-11-7-19(8-12-28)15-26-23(25-2)27-21-9-13-29(14-10-21)17-22(24)30;/h3-6,19,21H,7-17H2,1-2H3,(H2,24,30)(H2,25,26,27);1H. The quantitative estimate of drug-likeness (QED) is 0.279. The van der Waals surface area contributed by atoms with Gasteiger partial charge >= 0.3 is 0 Å². The number of hydrogen-bond acceptors (Lipinski definition) is 4. The van der Waals surface area contributed by atoms with Crippen molar-refractivity contribution in [3.63, 3.8) is 0 Å². The Morgan fingerprint density at radius 1 is 1.06 bits per heavy atom. The summed E-state index contributed by atoms with van der Waals surface area (Å²) >= 11 is 0. The number of aryl methyl sites for hydroxylation is 1. The maximum absolute atomic E-state index is 11.1. The second kappa shape index (κ2) is 13.2. The molecule has 1 aromatic rings. The number of nitrogens with two attached hydrogens (primary N) is 1. The first-order valence-electron chi connectivity index (χ1n) is 11.3. The molecule has 4 N–H and O–H groups in total. The number of hydrogen-bond donors (Lipinski definition) is 3. The third kappa shape index (κ3) is 8.94. The number of amides is 1. The molecule has 2 aliphatic rings. The molecule has 2 fully saturated rings. The zero-order chi connectivity index (χ0) is 21.3. The summed E-state index contributed by atoms with van der Waals surface area (Å²) in [5.74, 6) is 1.34. The van der Waals surface area contributed by atoms with Crippen molar-refractivity contribution >= 4 is 35.8 Å². The molecule has 1 aromatic carbocycles. The van der Waals surface area contributed by atoms with Crippen molar-refractivity contribution in [3.8, 4) is 0 Å². The van der Waals surface area contributed by atoms with Gasteiger partial charge in [-0.1, -0.05) is 29.8 Å². The Bertz CT molecular complexity index is 695. The van der Waals surface area contributed by atoms with Crippen LogP contribution >= 0.6 is 24.0 Å². The van der Waals surface area contributed by atoms with Gasteiger partial charge < -0.3 is 16.4 Å². The van der Waals surface area contributed by atoms with E-state index in [9.17, 15) is 4.79 Å². The lowest BCUT2D eigenvalue weighted by Crippen LogP contribution is -2.50. The Balaban J connectivity index is 0.00000341. The molecule has 2 heterocycles. The van der Waals surface area contributed by atoms with Crippen LogP contribution in [0.4, 0.5) is 0 Å². The van der Waals surface area contributed by atoms with Crippen LogP contribution in [0.5, 0.6) is 0 Å². The highest BCUT2D eigenvalue weighted by Crippen LogP contribution is 2.19. The molecule has 1 amide bonds. The van der Waals surface area contributed by atoms with E-state index in [0.717, 1.165) is 58.1 Å². The minimum absolute atomic E-state index is 0. The Morgan fingerprint density at radius 2 is 1.68 bits per heavy atom. The average Bonchev–Trinajstić information content (AvgIpc) is 2.74. The summed E-state index contributed by atoms with van der Waals surface area (Å²) in [5.41, 5.74) is 8.02. The Hall–Kier alpha value is -1.39. The van der Waals surface area contributed by atoms with E-state index in [0.29, 0.717) is 18.5 Å². The molecule has 0 saturated carbocycles. The summed E-state index contributed by atoms with van der Waals surface area (Å²) in [5, 5.41) is 7.08. The molecule has 0 bridgehead atoms. The van der Waals surface area contributed by atoms with Gasteiger partial charge in [-0.15, -0.1) is 24.0 Å². The molecule has 0 aromatic heterocycles. The third-order valence-electron chi connectivity index (χ3n) is 6.32. The van der Waals surface area contributed by atoms with Crippen molar-refractivity contribution in [2.75, 3.05) is 46.3 Å². The number of carbonyl (C=O) groups is 1. The van der Waals surface area contributed by atoms with Gasteiger partial charge in [0.1, 0.15) is 0 Å². The normalized spacial score (nSPS) is 19.6. The van der Waals surface area contributed by atoms with Crippen molar-refractivity contribution in [1.82, 2.24) is 20.4 Å². The van der Waals surface area contributed by atoms with Crippen molar-refractivity contribution in [2.24, 2.45) is 16.6 Å². The van der Waals surface area contributed by atoms with Gasteiger partial charge in [0, 0.05) is 39.3 Å². The molecule has 174 valence electrons. The third-order valence-corrected chi connectivity index (χ3v) is 6.32. The van der Waals surface area contributed by atoms with Gasteiger partial charge in [-0.25, -0.2) is 0 Å². The fraction of sp³-hybridized carbons (Fsp3) is 0.652.